The lowest BCUT2D eigenvalue weighted by Gasteiger charge is -2.11. The van der Waals surface area contributed by atoms with E-state index < -0.39 is 0 Å². The smallest absolute Gasteiger partial charge is 0.0320 e. The van der Waals surface area contributed by atoms with E-state index >= 15 is 0 Å². The van der Waals surface area contributed by atoms with Gasteiger partial charge in [-0.3, -0.25) is 0 Å². The van der Waals surface area contributed by atoms with E-state index in [-0.39, 0.29) is 18.4 Å². The predicted octanol–water partition coefficient (Wildman–Crippen LogP) is 4.43. The minimum Gasteiger partial charge on any atom is -0.324 e. The molecule has 80 valence electrons. The maximum absolute atomic E-state index is 5.99. The quantitative estimate of drug-likeness (QED) is 0.863. The Balaban J connectivity index is 0.00000169. The van der Waals surface area contributed by atoms with Crippen LogP contribution >= 0.6 is 44.3 Å². The Bertz CT molecular complexity index is 291. The number of halogens is 3. The number of benzene rings is 1. The van der Waals surface area contributed by atoms with Crippen molar-refractivity contribution in [3.05, 3.63) is 32.7 Å². The molecule has 0 aliphatic heterocycles. The molecule has 0 radical (unpaired) electrons. The zero-order valence-electron chi connectivity index (χ0n) is 7.97. The molecule has 1 aromatic rings. The molecule has 0 bridgehead atoms. The average Bonchev–Trinajstić information content (AvgIpc) is 2.10. The fourth-order valence-corrected chi connectivity index (χ4v) is 1.86. The molecular formula is C10H14Br2ClN. The highest BCUT2D eigenvalue weighted by Gasteiger charge is 2.06. The molecule has 2 N–H and O–H groups in total. The van der Waals surface area contributed by atoms with Crippen LogP contribution in [0.5, 0.6) is 0 Å². The summed E-state index contributed by atoms with van der Waals surface area (Å²) in [6.45, 7) is 2.15. The topological polar surface area (TPSA) is 26.0 Å². The van der Waals surface area contributed by atoms with Crippen LogP contribution in [0.25, 0.3) is 0 Å². The van der Waals surface area contributed by atoms with Gasteiger partial charge in [0, 0.05) is 15.0 Å². The summed E-state index contributed by atoms with van der Waals surface area (Å²) < 4.78 is 2.14. The van der Waals surface area contributed by atoms with Crippen molar-refractivity contribution in [3.8, 4) is 0 Å². The van der Waals surface area contributed by atoms with Crippen molar-refractivity contribution in [2.75, 3.05) is 0 Å². The number of rotatable bonds is 3. The average molecular weight is 343 g/mol. The third-order valence-electron chi connectivity index (χ3n) is 1.97. The first-order chi connectivity index (χ1) is 6.15. The zero-order chi connectivity index (χ0) is 9.84. The van der Waals surface area contributed by atoms with E-state index in [4.69, 9.17) is 5.73 Å². The molecule has 0 fully saturated rings. The van der Waals surface area contributed by atoms with Crippen molar-refractivity contribution < 1.29 is 0 Å². The Morgan fingerprint density at radius 1 is 1.29 bits per heavy atom. The van der Waals surface area contributed by atoms with Crippen LogP contribution in [-0.4, -0.2) is 0 Å². The lowest BCUT2D eigenvalue weighted by molar-refractivity contribution is 0.638. The minimum atomic E-state index is 0. The van der Waals surface area contributed by atoms with Crippen molar-refractivity contribution in [2.24, 2.45) is 5.73 Å². The molecule has 0 spiro atoms. The molecule has 0 saturated heterocycles. The SMILES string of the molecule is CCC[C@H](N)c1ccc(Br)c(Br)c1.Cl. The molecule has 1 aromatic carbocycles. The second-order valence-corrected chi connectivity index (χ2v) is 4.78. The molecule has 4 heteroatoms. The van der Waals surface area contributed by atoms with E-state index in [1.165, 1.54) is 5.56 Å². The summed E-state index contributed by atoms with van der Waals surface area (Å²) in [6, 6.07) is 6.32. The summed E-state index contributed by atoms with van der Waals surface area (Å²) in [6.07, 6.45) is 2.16. The van der Waals surface area contributed by atoms with Gasteiger partial charge in [0.15, 0.2) is 0 Å². The van der Waals surface area contributed by atoms with Crippen LogP contribution in [0.4, 0.5) is 0 Å². The van der Waals surface area contributed by atoms with E-state index in [9.17, 15) is 0 Å². The Morgan fingerprint density at radius 2 is 1.93 bits per heavy atom. The second kappa shape index (κ2) is 6.83. The molecule has 0 aromatic heterocycles. The van der Waals surface area contributed by atoms with Gasteiger partial charge in [-0.15, -0.1) is 12.4 Å². The lowest BCUT2D eigenvalue weighted by Crippen LogP contribution is -2.09. The maximum Gasteiger partial charge on any atom is 0.0320 e. The van der Waals surface area contributed by atoms with Gasteiger partial charge >= 0.3 is 0 Å². The molecule has 0 saturated carbocycles. The second-order valence-electron chi connectivity index (χ2n) is 3.07. The van der Waals surface area contributed by atoms with Crippen molar-refractivity contribution in [2.45, 2.75) is 25.8 Å². The van der Waals surface area contributed by atoms with E-state index in [1.54, 1.807) is 0 Å². The van der Waals surface area contributed by atoms with Crippen molar-refractivity contribution in [1.82, 2.24) is 0 Å². The normalized spacial score (nSPS) is 12.0. The predicted molar refractivity (Wildman–Crippen MR) is 70.9 cm³/mol. The van der Waals surface area contributed by atoms with Crippen molar-refractivity contribution in [3.63, 3.8) is 0 Å². The van der Waals surface area contributed by atoms with E-state index in [0.717, 1.165) is 21.8 Å². The van der Waals surface area contributed by atoms with Gasteiger partial charge in [0.2, 0.25) is 0 Å². The van der Waals surface area contributed by atoms with Crippen LogP contribution in [-0.2, 0) is 0 Å². The van der Waals surface area contributed by atoms with Crippen LogP contribution in [0.3, 0.4) is 0 Å². The van der Waals surface area contributed by atoms with Gasteiger partial charge in [0.1, 0.15) is 0 Å². The summed E-state index contributed by atoms with van der Waals surface area (Å²) in [4.78, 5) is 0. The molecule has 0 aliphatic rings. The van der Waals surface area contributed by atoms with Crippen LogP contribution in [0.2, 0.25) is 0 Å². The van der Waals surface area contributed by atoms with Crippen LogP contribution in [0, 0.1) is 0 Å². The highest BCUT2D eigenvalue weighted by molar-refractivity contribution is 9.13. The highest BCUT2D eigenvalue weighted by atomic mass is 79.9. The van der Waals surface area contributed by atoms with Gasteiger partial charge in [-0.1, -0.05) is 19.4 Å². The Hall–Kier alpha value is 0.430. The molecule has 0 unspecified atom stereocenters. The Morgan fingerprint density at radius 3 is 2.43 bits per heavy atom. The first-order valence-electron chi connectivity index (χ1n) is 4.35. The molecule has 1 atom stereocenters. The third-order valence-corrected chi connectivity index (χ3v) is 3.85. The monoisotopic (exact) mass is 341 g/mol. The van der Waals surface area contributed by atoms with Crippen molar-refractivity contribution in [1.29, 1.82) is 0 Å². The molecular weight excluding hydrogens is 329 g/mol. The van der Waals surface area contributed by atoms with Gasteiger partial charge in [-0.25, -0.2) is 0 Å². The van der Waals surface area contributed by atoms with Gasteiger partial charge in [0.05, 0.1) is 0 Å². The van der Waals surface area contributed by atoms with Crippen LogP contribution in [0.15, 0.2) is 27.1 Å². The summed E-state index contributed by atoms with van der Waals surface area (Å²) >= 11 is 6.89. The fourth-order valence-electron chi connectivity index (χ4n) is 1.22. The third kappa shape index (κ3) is 3.89. The molecule has 14 heavy (non-hydrogen) atoms. The van der Waals surface area contributed by atoms with Gasteiger partial charge in [-0.05, 0) is 56.0 Å². The Kier molecular flexibility index (Phi) is 7.04. The first kappa shape index (κ1) is 14.4. The molecule has 0 aliphatic carbocycles. The summed E-state index contributed by atoms with van der Waals surface area (Å²) in [7, 11) is 0. The van der Waals surface area contributed by atoms with E-state index in [0.29, 0.717) is 0 Å². The van der Waals surface area contributed by atoms with E-state index in [1.807, 2.05) is 6.07 Å². The molecule has 0 amide bonds. The maximum atomic E-state index is 5.99. The molecule has 1 rings (SSSR count). The molecule has 1 nitrogen and oxygen atoms in total. The fraction of sp³-hybridized carbons (Fsp3) is 0.400. The highest BCUT2D eigenvalue weighted by Crippen LogP contribution is 2.26. The van der Waals surface area contributed by atoms with Gasteiger partial charge in [-0.2, -0.15) is 0 Å². The molecule has 0 heterocycles. The summed E-state index contributed by atoms with van der Waals surface area (Å²) in [5.74, 6) is 0. The van der Waals surface area contributed by atoms with E-state index in [2.05, 4.69) is 50.9 Å². The zero-order valence-corrected chi connectivity index (χ0v) is 12.0. The number of hydrogen-bond acceptors (Lipinski definition) is 1. The Labute approximate surface area is 108 Å². The first-order valence-corrected chi connectivity index (χ1v) is 5.94. The van der Waals surface area contributed by atoms with Gasteiger partial charge in [0.25, 0.3) is 0 Å². The number of hydrogen-bond donors (Lipinski definition) is 1. The largest absolute Gasteiger partial charge is 0.324 e. The lowest BCUT2D eigenvalue weighted by atomic mass is 10.0. The van der Waals surface area contributed by atoms with Gasteiger partial charge < -0.3 is 5.73 Å². The number of nitrogens with two attached hydrogens (primary N) is 1. The summed E-state index contributed by atoms with van der Waals surface area (Å²) in [5.41, 5.74) is 7.18. The summed E-state index contributed by atoms with van der Waals surface area (Å²) in [5, 5.41) is 0. The standard InChI is InChI=1S/C10H13Br2N.ClH/c1-2-3-10(13)7-4-5-8(11)9(12)6-7;/h4-6,10H,2-3,13H2,1H3;1H/t10-;/m0./s1. The van der Waals surface area contributed by atoms with Crippen molar-refractivity contribution >= 4 is 44.3 Å². The van der Waals surface area contributed by atoms with Crippen LogP contribution < -0.4 is 5.73 Å². The minimum absolute atomic E-state index is 0. The van der Waals surface area contributed by atoms with Crippen LogP contribution in [0.1, 0.15) is 31.4 Å².